The summed E-state index contributed by atoms with van der Waals surface area (Å²) in [5.74, 6) is 5.70. The Hall–Kier alpha value is -2.51. The first-order valence-electron chi connectivity index (χ1n) is 6.36. The van der Waals surface area contributed by atoms with E-state index < -0.39 is 0 Å². The first kappa shape index (κ1) is 13.9. The third-order valence-corrected chi connectivity index (χ3v) is 2.79. The van der Waals surface area contributed by atoms with Gasteiger partial charge in [-0.3, -0.25) is 4.79 Å². The van der Waals surface area contributed by atoms with Crippen molar-refractivity contribution in [1.82, 2.24) is 4.98 Å². The van der Waals surface area contributed by atoms with Crippen LogP contribution in [0.3, 0.4) is 0 Å². The predicted octanol–water partition coefficient (Wildman–Crippen LogP) is 2.31. The molecule has 0 radical (unpaired) electrons. The summed E-state index contributed by atoms with van der Waals surface area (Å²) in [5, 5.41) is 11.5. The van der Waals surface area contributed by atoms with Crippen molar-refractivity contribution in [1.29, 1.82) is 0 Å². The predicted molar refractivity (Wildman–Crippen MR) is 78.5 cm³/mol. The number of carbonyl (C=O) groups excluding carboxylic acids is 1. The van der Waals surface area contributed by atoms with E-state index >= 15 is 0 Å². The molecule has 1 heterocycles. The Morgan fingerprint density at radius 1 is 1.40 bits per heavy atom. The number of anilines is 1. The molecule has 0 aliphatic heterocycles. The maximum Gasteiger partial charge on any atom is 0.272 e. The lowest BCUT2D eigenvalue weighted by Gasteiger charge is -2.06. The Morgan fingerprint density at radius 2 is 2.25 bits per heavy atom. The largest absolute Gasteiger partial charge is 0.395 e. The van der Waals surface area contributed by atoms with Gasteiger partial charge in [0.25, 0.3) is 5.91 Å². The molecule has 0 fully saturated rings. The van der Waals surface area contributed by atoms with Crippen LogP contribution in [0.1, 0.15) is 28.0 Å². The lowest BCUT2D eigenvalue weighted by molar-refractivity contribution is 0.102. The van der Waals surface area contributed by atoms with Gasteiger partial charge in [0.05, 0.1) is 6.61 Å². The van der Waals surface area contributed by atoms with Crippen LogP contribution in [0, 0.1) is 18.8 Å². The molecule has 0 bridgehead atoms. The highest BCUT2D eigenvalue weighted by molar-refractivity contribution is 6.02. The number of H-pyrrole nitrogens is 1. The minimum absolute atomic E-state index is 0.0658. The first-order chi connectivity index (χ1) is 9.70. The first-order valence-corrected chi connectivity index (χ1v) is 6.36. The molecule has 4 heteroatoms. The number of rotatable bonds is 3. The lowest BCUT2D eigenvalue weighted by Crippen LogP contribution is -2.12. The number of hydrogen-bond donors (Lipinski definition) is 3. The molecule has 0 atom stereocenters. The minimum atomic E-state index is -0.173. The van der Waals surface area contributed by atoms with E-state index in [4.69, 9.17) is 5.11 Å². The fourth-order valence-electron chi connectivity index (χ4n) is 1.77. The normalized spacial score (nSPS) is 9.70. The van der Waals surface area contributed by atoms with Crippen LogP contribution in [-0.2, 0) is 0 Å². The van der Waals surface area contributed by atoms with Gasteiger partial charge < -0.3 is 15.4 Å². The zero-order chi connectivity index (χ0) is 14.4. The van der Waals surface area contributed by atoms with Gasteiger partial charge in [-0.2, -0.15) is 0 Å². The van der Waals surface area contributed by atoms with E-state index in [1.165, 1.54) is 0 Å². The fourth-order valence-corrected chi connectivity index (χ4v) is 1.77. The Balaban J connectivity index is 2.10. The highest BCUT2D eigenvalue weighted by Crippen LogP contribution is 2.15. The highest BCUT2D eigenvalue weighted by atomic mass is 16.2. The standard InChI is InChI=1S/C16H16N2O2/c1-12-11-14(8-7-13(12)5-2-3-10-19)18-16(20)15-6-4-9-17-15/h4,6-9,11,17,19H,3,10H2,1H3,(H,18,20). The molecule has 2 rings (SSSR count). The third kappa shape index (κ3) is 3.50. The van der Waals surface area contributed by atoms with E-state index in [9.17, 15) is 4.79 Å². The second kappa shape index (κ2) is 6.60. The summed E-state index contributed by atoms with van der Waals surface area (Å²) in [7, 11) is 0. The number of aryl methyl sites for hydroxylation is 1. The number of amides is 1. The second-order valence-corrected chi connectivity index (χ2v) is 4.34. The van der Waals surface area contributed by atoms with Crippen molar-refractivity contribution >= 4 is 11.6 Å². The van der Waals surface area contributed by atoms with Crippen molar-refractivity contribution in [2.45, 2.75) is 13.3 Å². The zero-order valence-corrected chi connectivity index (χ0v) is 11.2. The van der Waals surface area contributed by atoms with Gasteiger partial charge in [0.1, 0.15) is 5.69 Å². The maximum atomic E-state index is 11.9. The summed E-state index contributed by atoms with van der Waals surface area (Å²) in [6.45, 7) is 2.00. The van der Waals surface area contributed by atoms with Gasteiger partial charge in [0.2, 0.25) is 0 Å². The van der Waals surface area contributed by atoms with Crippen LogP contribution in [0.2, 0.25) is 0 Å². The summed E-state index contributed by atoms with van der Waals surface area (Å²) in [5.41, 5.74) is 3.14. The molecule has 0 spiro atoms. The Kier molecular flexibility index (Phi) is 4.59. The third-order valence-electron chi connectivity index (χ3n) is 2.79. The smallest absolute Gasteiger partial charge is 0.272 e. The van der Waals surface area contributed by atoms with Gasteiger partial charge >= 0.3 is 0 Å². The molecule has 3 N–H and O–H groups in total. The van der Waals surface area contributed by atoms with Gasteiger partial charge in [-0.15, -0.1) is 0 Å². The summed E-state index contributed by atoms with van der Waals surface area (Å²) in [4.78, 5) is 14.7. The van der Waals surface area contributed by atoms with E-state index in [1.54, 1.807) is 18.3 Å². The van der Waals surface area contributed by atoms with E-state index in [-0.39, 0.29) is 12.5 Å². The number of hydrogen-bond acceptors (Lipinski definition) is 2. The van der Waals surface area contributed by atoms with Crippen LogP contribution < -0.4 is 5.32 Å². The lowest BCUT2D eigenvalue weighted by atomic mass is 10.1. The Bertz CT molecular complexity index is 649. The molecule has 1 amide bonds. The molecule has 0 unspecified atom stereocenters. The van der Waals surface area contributed by atoms with Gasteiger partial charge in [0.15, 0.2) is 0 Å². The van der Waals surface area contributed by atoms with E-state index in [0.29, 0.717) is 12.1 Å². The second-order valence-electron chi connectivity index (χ2n) is 4.34. The number of aliphatic hydroxyl groups is 1. The summed E-state index contributed by atoms with van der Waals surface area (Å²) < 4.78 is 0. The summed E-state index contributed by atoms with van der Waals surface area (Å²) in [6.07, 6.45) is 2.17. The van der Waals surface area contributed by atoms with E-state index in [0.717, 1.165) is 16.8 Å². The SMILES string of the molecule is Cc1cc(NC(=O)c2ccc[nH]2)ccc1C#CCCO. The van der Waals surface area contributed by atoms with Crippen LogP contribution in [0.15, 0.2) is 36.5 Å². The molecule has 20 heavy (non-hydrogen) atoms. The molecule has 1 aromatic carbocycles. The molecule has 0 saturated heterocycles. The molecule has 0 aliphatic rings. The van der Waals surface area contributed by atoms with Crippen LogP contribution in [0.5, 0.6) is 0 Å². The molecule has 0 saturated carbocycles. The van der Waals surface area contributed by atoms with Crippen LogP contribution in [-0.4, -0.2) is 22.6 Å². The molecule has 1 aromatic heterocycles. The van der Waals surface area contributed by atoms with Gasteiger partial charge in [-0.05, 0) is 42.8 Å². The minimum Gasteiger partial charge on any atom is -0.395 e. The Morgan fingerprint density at radius 3 is 2.90 bits per heavy atom. The molecular formula is C16H16N2O2. The molecule has 4 nitrogen and oxygen atoms in total. The highest BCUT2D eigenvalue weighted by Gasteiger charge is 2.06. The number of nitrogens with one attached hydrogen (secondary N) is 2. The van der Waals surface area contributed by atoms with Crippen LogP contribution >= 0.6 is 0 Å². The van der Waals surface area contributed by atoms with Gasteiger partial charge in [0, 0.05) is 23.9 Å². The van der Waals surface area contributed by atoms with Crippen molar-refractivity contribution in [2.75, 3.05) is 11.9 Å². The van der Waals surface area contributed by atoms with E-state index in [2.05, 4.69) is 22.1 Å². The Labute approximate surface area is 117 Å². The number of aromatic amines is 1. The fraction of sp³-hybridized carbons (Fsp3) is 0.188. The van der Waals surface area contributed by atoms with Crippen molar-refractivity contribution in [3.05, 3.63) is 53.3 Å². The quantitative estimate of drug-likeness (QED) is 0.748. The van der Waals surface area contributed by atoms with Gasteiger partial charge in [-0.1, -0.05) is 11.8 Å². The molecule has 2 aromatic rings. The number of aliphatic hydroxyl groups excluding tert-OH is 1. The molecule has 102 valence electrons. The zero-order valence-electron chi connectivity index (χ0n) is 11.2. The summed E-state index contributed by atoms with van der Waals surface area (Å²) in [6, 6.07) is 9.06. The van der Waals surface area contributed by atoms with Crippen molar-refractivity contribution < 1.29 is 9.90 Å². The molecular weight excluding hydrogens is 252 g/mol. The maximum absolute atomic E-state index is 11.9. The average Bonchev–Trinajstić information content (AvgIpc) is 2.95. The average molecular weight is 268 g/mol. The summed E-state index contributed by atoms with van der Waals surface area (Å²) >= 11 is 0. The monoisotopic (exact) mass is 268 g/mol. The van der Waals surface area contributed by atoms with Crippen molar-refractivity contribution in [2.24, 2.45) is 0 Å². The number of carbonyl (C=O) groups is 1. The van der Waals surface area contributed by atoms with Gasteiger partial charge in [-0.25, -0.2) is 0 Å². The number of aromatic nitrogens is 1. The van der Waals surface area contributed by atoms with Crippen molar-refractivity contribution in [3.8, 4) is 11.8 Å². The van der Waals surface area contributed by atoms with Crippen LogP contribution in [0.25, 0.3) is 0 Å². The topological polar surface area (TPSA) is 65.1 Å². The number of benzene rings is 1. The molecule has 0 aliphatic carbocycles. The van der Waals surface area contributed by atoms with E-state index in [1.807, 2.05) is 25.1 Å². The van der Waals surface area contributed by atoms with Crippen molar-refractivity contribution in [3.63, 3.8) is 0 Å². The van der Waals surface area contributed by atoms with Crippen LogP contribution in [0.4, 0.5) is 5.69 Å².